The van der Waals surface area contributed by atoms with Crippen LogP contribution < -0.4 is 5.32 Å². The van der Waals surface area contributed by atoms with E-state index in [1.165, 1.54) is 30.1 Å². The Morgan fingerprint density at radius 2 is 1.63 bits per heavy atom. The third-order valence-electron chi connectivity index (χ3n) is 4.44. The van der Waals surface area contributed by atoms with Gasteiger partial charge in [0.25, 0.3) is 0 Å². The highest BCUT2D eigenvalue weighted by molar-refractivity contribution is 7.90. The Hall–Kier alpha value is -3.50. The van der Waals surface area contributed by atoms with Crippen LogP contribution >= 0.6 is 11.3 Å². The van der Waals surface area contributed by atoms with Crippen LogP contribution in [0.1, 0.15) is 5.82 Å². The molecular formula is C20H14N6O2S2. The van der Waals surface area contributed by atoms with E-state index >= 15 is 0 Å². The summed E-state index contributed by atoms with van der Waals surface area (Å²) < 4.78 is 26.1. The summed E-state index contributed by atoms with van der Waals surface area (Å²) in [7, 11) is -3.54. The predicted molar refractivity (Wildman–Crippen MR) is 115 cm³/mol. The molecule has 30 heavy (non-hydrogen) atoms. The number of hydrogen-bond acceptors (Lipinski definition) is 9. The molecule has 4 heterocycles. The number of rotatable bonds is 5. The Morgan fingerprint density at radius 3 is 2.43 bits per heavy atom. The van der Waals surface area contributed by atoms with Crippen molar-refractivity contribution in [2.45, 2.75) is 10.6 Å². The Morgan fingerprint density at radius 1 is 0.867 bits per heavy atom. The molecule has 5 aromatic rings. The second-order valence-electron chi connectivity index (χ2n) is 6.43. The number of fused-ring (bicyclic) bond motifs is 3. The van der Waals surface area contributed by atoms with E-state index in [9.17, 15) is 8.42 Å². The maximum absolute atomic E-state index is 12.6. The van der Waals surface area contributed by atoms with E-state index in [2.05, 4.69) is 30.2 Å². The summed E-state index contributed by atoms with van der Waals surface area (Å²) in [4.78, 5) is 22.2. The van der Waals surface area contributed by atoms with Crippen molar-refractivity contribution in [2.75, 3.05) is 5.32 Å². The van der Waals surface area contributed by atoms with Crippen LogP contribution in [0, 0.1) is 0 Å². The maximum atomic E-state index is 12.6. The number of anilines is 2. The van der Waals surface area contributed by atoms with Crippen LogP contribution in [0.2, 0.25) is 0 Å². The van der Waals surface area contributed by atoms with Gasteiger partial charge in [-0.1, -0.05) is 0 Å². The molecule has 0 fully saturated rings. The number of benzene rings is 1. The van der Waals surface area contributed by atoms with E-state index in [0.29, 0.717) is 5.82 Å². The number of hydrogen-bond donors (Lipinski definition) is 1. The Labute approximate surface area is 175 Å². The van der Waals surface area contributed by atoms with Crippen molar-refractivity contribution in [2.24, 2.45) is 0 Å². The molecule has 0 radical (unpaired) electrons. The molecule has 0 aliphatic rings. The Kier molecular flexibility index (Phi) is 4.57. The van der Waals surface area contributed by atoms with Crippen LogP contribution in [0.25, 0.3) is 20.4 Å². The fourth-order valence-corrected chi connectivity index (χ4v) is 5.29. The van der Waals surface area contributed by atoms with Crippen LogP contribution in [0.5, 0.6) is 0 Å². The van der Waals surface area contributed by atoms with E-state index in [1.54, 1.807) is 36.5 Å². The molecule has 5 rings (SSSR count). The molecule has 10 heteroatoms. The molecule has 0 bridgehead atoms. The minimum Gasteiger partial charge on any atom is -0.339 e. The van der Waals surface area contributed by atoms with Crippen molar-refractivity contribution in [1.29, 1.82) is 0 Å². The number of aromatic nitrogens is 5. The van der Waals surface area contributed by atoms with Crippen LogP contribution in [-0.2, 0) is 15.6 Å². The van der Waals surface area contributed by atoms with Gasteiger partial charge in [0.2, 0.25) is 0 Å². The molecule has 0 amide bonds. The van der Waals surface area contributed by atoms with Gasteiger partial charge >= 0.3 is 0 Å². The zero-order chi connectivity index (χ0) is 20.6. The van der Waals surface area contributed by atoms with Crippen LogP contribution in [-0.4, -0.2) is 33.3 Å². The first-order valence-electron chi connectivity index (χ1n) is 8.94. The molecule has 0 unspecified atom stereocenters. The van der Waals surface area contributed by atoms with Gasteiger partial charge in [0, 0.05) is 29.7 Å². The number of pyridine rings is 1. The first-order valence-corrected chi connectivity index (χ1v) is 11.4. The third-order valence-corrected chi connectivity index (χ3v) is 7.18. The zero-order valence-electron chi connectivity index (χ0n) is 15.4. The molecule has 4 aromatic heterocycles. The molecule has 1 aromatic carbocycles. The van der Waals surface area contributed by atoms with Gasteiger partial charge in [-0.25, -0.2) is 33.3 Å². The van der Waals surface area contributed by atoms with E-state index in [4.69, 9.17) is 0 Å². The largest absolute Gasteiger partial charge is 0.339 e. The summed E-state index contributed by atoms with van der Waals surface area (Å²) in [5.41, 5.74) is 1.55. The Bertz CT molecular complexity index is 1450. The monoisotopic (exact) mass is 434 g/mol. The van der Waals surface area contributed by atoms with Crippen molar-refractivity contribution in [3.63, 3.8) is 0 Å². The van der Waals surface area contributed by atoms with Crippen molar-refractivity contribution >= 4 is 53.1 Å². The smallest absolute Gasteiger partial charge is 0.185 e. The number of thiophene rings is 1. The summed E-state index contributed by atoms with van der Waals surface area (Å²) in [6, 6.07) is 12.0. The standard InChI is InChI=1S/C20H14N6O2S2/c27-30(28,11-16-21-9-2-10-22-16)14-6-4-13(5-7-14)26-19-18-17(24-12-25-19)15-3-1-8-23-20(15)29-18/h1-10,12H,11H2,(H,24,25,26). The lowest BCUT2D eigenvalue weighted by molar-refractivity contribution is 0.594. The molecule has 148 valence electrons. The normalized spacial score (nSPS) is 11.7. The third kappa shape index (κ3) is 3.46. The topological polar surface area (TPSA) is 111 Å². The lowest BCUT2D eigenvalue weighted by atomic mass is 10.3. The summed E-state index contributed by atoms with van der Waals surface area (Å²) >= 11 is 1.51. The lowest BCUT2D eigenvalue weighted by Crippen LogP contribution is -2.07. The number of sulfone groups is 1. The highest BCUT2D eigenvalue weighted by atomic mass is 32.2. The minimum atomic E-state index is -3.54. The number of nitrogens with one attached hydrogen (secondary N) is 1. The highest BCUT2D eigenvalue weighted by Gasteiger charge is 2.17. The first kappa shape index (κ1) is 18.5. The van der Waals surface area contributed by atoms with E-state index in [1.807, 2.05) is 12.1 Å². The van der Waals surface area contributed by atoms with Crippen LogP contribution in [0.4, 0.5) is 11.5 Å². The summed E-state index contributed by atoms with van der Waals surface area (Å²) in [6.45, 7) is 0. The number of nitrogens with zero attached hydrogens (tertiary/aromatic N) is 5. The van der Waals surface area contributed by atoms with Crippen molar-refractivity contribution in [1.82, 2.24) is 24.9 Å². The summed E-state index contributed by atoms with van der Waals surface area (Å²) in [5.74, 6) is 0.666. The highest BCUT2D eigenvalue weighted by Crippen LogP contribution is 2.35. The molecule has 0 aliphatic carbocycles. The molecule has 0 atom stereocenters. The van der Waals surface area contributed by atoms with Crippen molar-refractivity contribution in [3.05, 3.63) is 73.2 Å². The van der Waals surface area contributed by atoms with E-state index in [0.717, 1.165) is 26.1 Å². The van der Waals surface area contributed by atoms with Gasteiger partial charge in [-0.2, -0.15) is 0 Å². The predicted octanol–water partition coefficient (Wildman–Crippen LogP) is 3.75. The van der Waals surface area contributed by atoms with Gasteiger partial charge in [0.05, 0.1) is 15.1 Å². The van der Waals surface area contributed by atoms with Gasteiger partial charge < -0.3 is 5.32 Å². The zero-order valence-corrected chi connectivity index (χ0v) is 17.1. The molecule has 0 aliphatic heterocycles. The average molecular weight is 435 g/mol. The lowest BCUT2D eigenvalue weighted by Gasteiger charge is -2.08. The minimum absolute atomic E-state index is 0.208. The first-order chi connectivity index (χ1) is 14.6. The molecule has 1 N–H and O–H groups in total. The fraction of sp³-hybridized carbons (Fsp3) is 0.0500. The van der Waals surface area contributed by atoms with Gasteiger partial charge in [-0.15, -0.1) is 11.3 Å². The van der Waals surface area contributed by atoms with Gasteiger partial charge in [-0.05, 0) is 42.5 Å². The van der Waals surface area contributed by atoms with Crippen LogP contribution in [0.15, 0.2) is 72.3 Å². The van der Waals surface area contributed by atoms with Gasteiger partial charge in [0.1, 0.15) is 22.7 Å². The molecule has 8 nitrogen and oxygen atoms in total. The second kappa shape index (κ2) is 7.39. The Balaban J connectivity index is 1.43. The quantitative estimate of drug-likeness (QED) is 0.445. The molecule has 0 saturated heterocycles. The van der Waals surface area contributed by atoms with Gasteiger partial charge in [0.15, 0.2) is 15.7 Å². The maximum Gasteiger partial charge on any atom is 0.185 e. The fourth-order valence-electron chi connectivity index (χ4n) is 3.04. The SMILES string of the molecule is O=S(=O)(Cc1ncccn1)c1ccc(Nc2ncnc3c2sc2ncccc23)cc1. The molecule has 0 spiro atoms. The molecular weight excluding hydrogens is 420 g/mol. The van der Waals surface area contributed by atoms with Crippen molar-refractivity contribution < 1.29 is 8.42 Å². The van der Waals surface area contributed by atoms with E-state index in [-0.39, 0.29) is 16.5 Å². The van der Waals surface area contributed by atoms with Crippen molar-refractivity contribution in [3.8, 4) is 0 Å². The average Bonchev–Trinajstić information content (AvgIpc) is 3.14. The van der Waals surface area contributed by atoms with Gasteiger partial charge in [-0.3, -0.25) is 0 Å². The summed E-state index contributed by atoms with van der Waals surface area (Å²) in [6.07, 6.45) is 6.30. The second-order valence-corrected chi connectivity index (χ2v) is 9.42. The van der Waals surface area contributed by atoms with E-state index < -0.39 is 9.84 Å². The van der Waals surface area contributed by atoms with Crippen LogP contribution in [0.3, 0.4) is 0 Å². The molecule has 0 saturated carbocycles. The summed E-state index contributed by atoms with van der Waals surface area (Å²) in [5, 5.41) is 4.23.